The molecule has 3 rings (SSSR count). The number of aryl methyl sites for hydroxylation is 2. The fourth-order valence-electron chi connectivity index (χ4n) is 2.60. The lowest BCUT2D eigenvalue weighted by molar-refractivity contribution is 0.101. The van der Waals surface area contributed by atoms with Crippen molar-refractivity contribution < 1.29 is 9.59 Å². The molecule has 0 aliphatic carbocycles. The number of nitrogens with zero attached hydrogens (tertiary/aromatic N) is 1. The lowest BCUT2D eigenvalue weighted by atomic mass is 10.1. The molecule has 0 aliphatic rings. The fourth-order valence-corrected chi connectivity index (χ4v) is 3.71. The smallest absolute Gasteiger partial charge is 0.257 e. The van der Waals surface area contributed by atoms with E-state index in [2.05, 4.69) is 29.1 Å². The summed E-state index contributed by atoms with van der Waals surface area (Å²) in [5.74, 6) is -0.0367. The van der Waals surface area contributed by atoms with Gasteiger partial charge in [-0.15, -0.1) is 23.1 Å². The summed E-state index contributed by atoms with van der Waals surface area (Å²) >= 11 is 3.08. The second-order valence-corrected chi connectivity index (χ2v) is 8.58. The molecule has 0 saturated carbocycles. The molecule has 2 aromatic carbocycles. The van der Waals surface area contributed by atoms with Gasteiger partial charge in [-0.2, -0.15) is 0 Å². The lowest BCUT2D eigenvalue weighted by Gasteiger charge is -2.07. The van der Waals surface area contributed by atoms with Crippen molar-refractivity contribution in [2.24, 2.45) is 0 Å². The minimum atomic E-state index is -0.109. The van der Waals surface area contributed by atoms with Crippen molar-refractivity contribution in [2.45, 2.75) is 54.9 Å². The molecule has 0 radical (unpaired) electrons. The third kappa shape index (κ3) is 11.9. The second-order valence-electron chi connectivity index (χ2n) is 6.59. The highest BCUT2D eigenvalue weighted by atomic mass is 32.2. The van der Waals surface area contributed by atoms with Crippen LogP contribution in [0.5, 0.6) is 0 Å². The van der Waals surface area contributed by atoms with Gasteiger partial charge < -0.3 is 5.32 Å². The number of Topliss-reactive ketones (excluding diaryl/α,β-unsaturated/α-hetero) is 1. The van der Waals surface area contributed by atoms with Gasteiger partial charge in [-0.25, -0.2) is 4.98 Å². The zero-order valence-electron chi connectivity index (χ0n) is 22.2. The Kier molecular flexibility index (Phi) is 16.9. The normalized spacial score (nSPS) is 9.14. The quantitative estimate of drug-likeness (QED) is 0.310. The van der Waals surface area contributed by atoms with Crippen LogP contribution in [0.3, 0.4) is 0 Å². The number of anilines is 2. The van der Waals surface area contributed by atoms with E-state index in [4.69, 9.17) is 0 Å². The average Bonchev–Trinajstić information content (AvgIpc) is 3.26. The number of aromatic nitrogens is 1. The number of thioether (sulfide) groups is 1. The number of ketones is 1. The minimum absolute atomic E-state index is 0.0726. The number of carbonyl (C=O) groups excluding carboxylic acids is 2. The van der Waals surface area contributed by atoms with Crippen LogP contribution in [-0.2, 0) is 6.42 Å². The molecule has 3 aromatic rings. The Hall–Kier alpha value is -2.90. The van der Waals surface area contributed by atoms with Crippen LogP contribution in [0.2, 0.25) is 0 Å². The van der Waals surface area contributed by atoms with Crippen LogP contribution in [-0.4, -0.2) is 22.9 Å². The van der Waals surface area contributed by atoms with Gasteiger partial charge in [-0.3, -0.25) is 14.9 Å². The fraction of sp³-hybridized carbons (Fsp3) is 0.321. The predicted octanol–water partition coefficient (Wildman–Crippen LogP) is 8.45. The summed E-state index contributed by atoms with van der Waals surface area (Å²) in [5.41, 5.74) is 3.26. The number of rotatable bonds is 7. The maximum absolute atomic E-state index is 11.9. The number of benzene rings is 2. The number of hydrogen-bond donors (Lipinski definition) is 2. The third-order valence-corrected chi connectivity index (χ3v) is 6.08. The first-order valence-electron chi connectivity index (χ1n) is 11.8. The van der Waals surface area contributed by atoms with Crippen LogP contribution in [0.25, 0.3) is 0 Å². The molecule has 0 saturated heterocycles. The predicted molar refractivity (Wildman–Crippen MR) is 156 cm³/mol. The molecule has 0 atom stereocenters. The highest BCUT2D eigenvalue weighted by molar-refractivity contribution is 8.02. The van der Waals surface area contributed by atoms with E-state index in [1.807, 2.05) is 77.3 Å². The van der Waals surface area contributed by atoms with Crippen molar-refractivity contribution in [1.29, 1.82) is 0 Å². The Balaban J connectivity index is 0.000000587. The summed E-state index contributed by atoms with van der Waals surface area (Å²) in [6, 6.07) is 16.5. The first-order chi connectivity index (χ1) is 16.8. The monoisotopic (exact) mass is 513 g/mol. The van der Waals surface area contributed by atoms with E-state index in [1.165, 1.54) is 16.2 Å². The van der Waals surface area contributed by atoms with Gasteiger partial charge in [0, 0.05) is 21.7 Å². The molecular formula is C28H39N3O2S2. The van der Waals surface area contributed by atoms with Gasteiger partial charge in [0.1, 0.15) is 0 Å². The van der Waals surface area contributed by atoms with Crippen LogP contribution in [0.4, 0.5) is 10.8 Å². The zero-order valence-corrected chi connectivity index (χ0v) is 23.8. The van der Waals surface area contributed by atoms with Gasteiger partial charge >= 0.3 is 0 Å². The van der Waals surface area contributed by atoms with Crippen LogP contribution >= 0.6 is 23.1 Å². The Morgan fingerprint density at radius 1 is 0.971 bits per heavy atom. The number of amides is 1. The van der Waals surface area contributed by atoms with E-state index in [0.29, 0.717) is 16.3 Å². The summed E-state index contributed by atoms with van der Waals surface area (Å²) in [4.78, 5) is 28.5. The van der Waals surface area contributed by atoms with E-state index in [-0.39, 0.29) is 11.7 Å². The van der Waals surface area contributed by atoms with Crippen molar-refractivity contribution in [3.05, 3.63) is 87.9 Å². The Bertz CT molecular complexity index is 1050. The highest BCUT2D eigenvalue weighted by Gasteiger charge is 2.10. The highest BCUT2D eigenvalue weighted by Crippen LogP contribution is 2.23. The van der Waals surface area contributed by atoms with Gasteiger partial charge in [0.2, 0.25) is 0 Å². The topological polar surface area (TPSA) is 71.1 Å². The molecule has 190 valence electrons. The minimum Gasteiger partial charge on any atom is -0.351 e. The Labute approximate surface area is 219 Å². The molecule has 5 nitrogen and oxygen atoms in total. The number of thiazole rings is 1. The van der Waals surface area contributed by atoms with Gasteiger partial charge in [-0.1, -0.05) is 71.5 Å². The van der Waals surface area contributed by atoms with E-state index in [0.717, 1.165) is 22.8 Å². The molecule has 0 bridgehead atoms. The van der Waals surface area contributed by atoms with Crippen LogP contribution in [0.1, 0.15) is 72.8 Å². The number of carbonyl (C=O) groups is 2. The summed E-state index contributed by atoms with van der Waals surface area (Å²) in [5, 5.41) is 7.47. The largest absolute Gasteiger partial charge is 0.351 e. The van der Waals surface area contributed by atoms with Crippen LogP contribution in [0.15, 0.2) is 66.2 Å². The number of nitrogens with one attached hydrogen (secondary N) is 2. The molecule has 0 spiro atoms. The second kappa shape index (κ2) is 18.4. The van der Waals surface area contributed by atoms with Gasteiger partial charge in [0.15, 0.2) is 10.9 Å². The molecule has 1 amide bonds. The molecular weight excluding hydrogens is 474 g/mol. The Morgan fingerprint density at radius 2 is 1.57 bits per heavy atom. The first kappa shape index (κ1) is 32.1. The van der Waals surface area contributed by atoms with Crippen molar-refractivity contribution in [1.82, 2.24) is 4.98 Å². The van der Waals surface area contributed by atoms with E-state index < -0.39 is 0 Å². The molecule has 7 heteroatoms. The summed E-state index contributed by atoms with van der Waals surface area (Å²) in [6.45, 7) is 17.4. The van der Waals surface area contributed by atoms with Crippen LogP contribution in [0, 0.1) is 6.92 Å². The number of hydrogen-bond acceptors (Lipinski definition) is 6. The summed E-state index contributed by atoms with van der Waals surface area (Å²) < 4.78 is 0. The van der Waals surface area contributed by atoms with Crippen molar-refractivity contribution in [3.63, 3.8) is 0 Å². The molecule has 2 N–H and O–H groups in total. The third-order valence-electron chi connectivity index (χ3n) is 4.27. The van der Waals surface area contributed by atoms with E-state index in [1.54, 1.807) is 36.9 Å². The zero-order chi connectivity index (χ0) is 26.8. The summed E-state index contributed by atoms with van der Waals surface area (Å²) in [7, 11) is 0. The average molecular weight is 514 g/mol. The van der Waals surface area contributed by atoms with Crippen molar-refractivity contribution in [3.8, 4) is 0 Å². The van der Waals surface area contributed by atoms with Gasteiger partial charge in [0.05, 0.1) is 10.7 Å². The lowest BCUT2D eigenvalue weighted by Crippen LogP contribution is -2.11. The van der Waals surface area contributed by atoms with Gasteiger partial charge in [0.25, 0.3) is 5.91 Å². The SMILES string of the molecule is C=C(Nc1cccc(C(C)=O)c1)SC.CC.CC.CCc1sc(NC(=O)c2ccccc2)nc1C. The molecule has 0 fully saturated rings. The molecule has 0 aliphatic heterocycles. The summed E-state index contributed by atoms with van der Waals surface area (Å²) in [6.07, 6.45) is 2.90. The molecule has 35 heavy (non-hydrogen) atoms. The molecule has 0 unspecified atom stereocenters. The first-order valence-corrected chi connectivity index (χ1v) is 13.8. The molecule has 1 aromatic heterocycles. The standard InChI is InChI=1S/C13H14N2OS.C11H13NOS.2C2H6/c1-3-11-9(2)14-13(17-11)15-12(16)10-7-5-4-6-8-10;1-8(13)10-5-4-6-11(7-10)12-9(2)14-3;2*1-2/h4-8H,3H2,1-2H3,(H,14,15,16);4-7,12H,2H2,1,3H3;2*1-2H3. The van der Waals surface area contributed by atoms with E-state index in [9.17, 15) is 9.59 Å². The van der Waals surface area contributed by atoms with Crippen molar-refractivity contribution in [2.75, 3.05) is 16.9 Å². The molecule has 1 heterocycles. The maximum atomic E-state index is 11.9. The van der Waals surface area contributed by atoms with Crippen molar-refractivity contribution >= 4 is 45.6 Å². The van der Waals surface area contributed by atoms with Crippen LogP contribution < -0.4 is 10.6 Å². The maximum Gasteiger partial charge on any atom is 0.257 e. The van der Waals surface area contributed by atoms with E-state index >= 15 is 0 Å². The Morgan fingerprint density at radius 3 is 2.09 bits per heavy atom. The van der Waals surface area contributed by atoms with Gasteiger partial charge in [-0.05, 0) is 50.8 Å².